The SMILES string of the molecule is CCCn1ncc(Cl)c1C(N)c1cc2c(s1)CCCCC2. The molecule has 5 heteroatoms. The number of fused-ring (bicyclic) bond motifs is 1. The maximum Gasteiger partial charge on any atom is 0.0837 e. The van der Waals surface area contributed by atoms with Crippen molar-refractivity contribution in [3.05, 3.63) is 38.3 Å². The molecule has 0 radical (unpaired) electrons. The van der Waals surface area contributed by atoms with Gasteiger partial charge >= 0.3 is 0 Å². The average molecular weight is 324 g/mol. The van der Waals surface area contributed by atoms with Crippen LogP contribution in [-0.4, -0.2) is 9.78 Å². The molecule has 2 aromatic heterocycles. The molecule has 1 aliphatic rings. The zero-order valence-electron chi connectivity index (χ0n) is 12.4. The van der Waals surface area contributed by atoms with Gasteiger partial charge in [0, 0.05) is 16.3 Å². The fourth-order valence-corrected chi connectivity index (χ4v) is 4.57. The van der Waals surface area contributed by atoms with E-state index in [4.69, 9.17) is 17.3 Å². The highest BCUT2D eigenvalue weighted by molar-refractivity contribution is 7.12. The van der Waals surface area contributed by atoms with Gasteiger partial charge in [0.2, 0.25) is 0 Å². The molecule has 2 heterocycles. The quantitative estimate of drug-likeness (QED) is 0.851. The summed E-state index contributed by atoms with van der Waals surface area (Å²) in [5.74, 6) is 0. The topological polar surface area (TPSA) is 43.8 Å². The van der Waals surface area contributed by atoms with Crippen molar-refractivity contribution in [1.29, 1.82) is 0 Å². The van der Waals surface area contributed by atoms with Crippen LogP contribution in [0.25, 0.3) is 0 Å². The Morgan fingerprint density at radius 1 is 1.38 bits per heavy atom. The van der Waals surface area contributed by atoms with Gasteiger partial charge in [-0.15, -0.1) is 11.3 Å². The molecule has 3 nitrogen and oxygen atoms in total. The van der Waals surface area contributed by atoms with Crippen molar-refractivity contribution in [3.63, 3.8) is 0 Å². The van der Waals surface area contributed by atoms with Crippen molar-refractivity contribution in [2.75, 3.05) is 0 Å². The van der Waals surface area contributed by atoms with E-state index in [1.54, 1.807) is 6.20 Å². The first-order valence-electron chi connectivity index (χ1n) is 7.79. The summed E-state index contributed by atoms with van der Waals surface area (Å²) >= 11 is 8.19. The van der Waals surface area contributed by atoms with E-state index in [1.807, 2.05) is 16.0 Å². The molecule has 0 fully saturated rings. The lowest BCUT2D eigenvalue weighted by atomic mass is 10.1. The molecule has 0 amide bonds. The Morgan fingerprint density at radius 2 is 2.19 bits per heavy atom. The number of nitrogens with zero attached hydrogens (tertiary/aromatic N) is 2. The van der Waals surface area contributed by atoms with Crippen molar-refractivity contribution in [2.24, 2.45) is 5.73 Å². The largest absolute Gasteiger partial charge is 0.318 e. The number of halogens is 1. The Morgan fingerprint density at radius 3 is 3.00 bits per heavy atom. The Balaban J connectivity index is 1.92. The first kappa shape index (κ1) is 15.1. The highest BCUT2D eigenvalue weighted by Gasteiger charge is 2.22. The van der Waals surface area contributed by atoms with Crippen LogP contribution >= 0.6 is 22.9 Å². The lowest BCUT2D eigenvalue weighted by molar-refractivity contribution is 0.561. The summed E-state index contributed by atoms with van der Waals surface area (Å²) in [5.41, 5.74) is 8.96. The zero-order valence-corrected chi connectivity index (χ0v) is 14.0. The van der Waals surface area contributed by atoms with Crippen LogP contribution < -0.4 is 5.73 Å². The third-order valence-electron chi connectivity index (χ3n) is 4.14. The van der Waals surface area contributed by atoms with E-state index in [1.165, 1.54) is 47.4 Å². The van der Waals surface area contributed by atoms with Gasteiger partial charge in [0.1, 0.15) is 0 Å². The van der Waals surface area contributed by atoms with Crippen LogP contribution in [0.1, 0.15) is 59.7 Å². The maximum absolute atomic E-state index is 6.51. The monoisotopic (exact) mass is 323 g/mol. The van der Waals surface area contributed by atoms with E-state index in [2.05, 4.69) is 18.1 Å². The summed E-state index contributed by atoms with van der Waals surface area (Å²) in [6.45, 7) is 3.00. The van der Waals surface area contributed by atoms with E-state index in [-0.39, 0.29) is 6.04 Å². The van der Waals surface area contributed by atoms with E-state index in [0.29, 0.717) is 5.02 Å². The Labute approximate surface area is 135 Å². The highest BCUT2D eigenvalue weighted by atomic mass is 35.5. The summed E-state index contributed by atoms with van der Waals surface area (Å²) in [7, 11) is 0. The average Bonchev–Trinajstić information content (AvgIpc) is 2.97. The molecule has 1 atom stereocenters. The normalized spacial score (nSPS) is 16.5. The van der Waals surface area contributed by atoms with E-state index in [0.717, 1.165) is 18.7 Å². The van der Waals surface area contributed by atoms with Crippen LogP contribution in [-0.2, 0) is 19.4 Å². The van der Waals surface area contributed by atoms with Crippen LogP contribution in [0, 0.1) is 0 Å². The van der Waals surface area contributed by atoms with Gasteiger partial charge in [-0.1, -0.05) is 24.9 Å². The number of nitrogens with two attached hydrogens (primary N) is 1. The highest BCUT2D eigenvalue weighted by Crippen LogP contribution is 2.35. The summed E-state index contributed by atoms with van der Waals surface area (Å²) < 4.78 is 1.96. The van der Waals surface area contributed by atoms with Gasteiger partial charge in [0.05, 0.1) is 23.0 Å². The minimum Gasteiger partial charge on any atom is -0.318 e. The molecule has 21 heavy (non-hydrogen) atoms. The van der Waals surface area contributed by atoms with E-state index < -0.39 is 0 Å². The number of hydrogen-bond acceptors (Lipinski definition) is 3. The number of hydrogen-bond donors (Lipinski definition) is 1. The lowest BCUT2D eigenvalue weighted by Gasteiger charge is -2.13. The minimum atomic E-state index is -0.163. The second-order valence-corrected chi connectivity index (χ2v) is 7.31. The molecular formula is C16H22ClN3S. The van der Waals surface area contributed by atoms with Crippen LogP contribution in [0.5, 0.6) is 0 Å². The molecular weight excluding hydrogens is 302 g/mol. The van der Waals surface area contributed by atoms with E-state index in [9.17, 15) is 0 Å². The van der Waals surface area contributed by atoms with Crippen molar-refractivity contribution < 1.29 is 0 Å². The lowest BCUT2D eigenvalue weighted by Crippen LogP contribution is -2.17. The molecule has 1 unspecified atom stereocenters. The molecule has 2 aromatic rings. The van der Waals surface area contributed by atoms with Crippen molar-refractivity contribution in [2.45, 2.75) is 58.0 Å². The van der Waals surface area contributed by atoms with Crippen molar-refractivity contribution in [1.82, 2.24) is 9.78 Å². The molecule has 0 spiro atoms. The van der Waals surface area contributed by atoms with Crippen LogP contribution in [0.15, 0.2) is 12.3 Å². The van der Waals surface area contributed by atoms with Gasteiger partial charge < -0.3 is 5.73 Å². The first-order valence-corrected chi connectivity index (χ1v) is 8.98. The molecule has 0 bridgehead atoms. The number of aromatic nitrogens is 2. The third-order valence-corrected chi connectivity index (χ3v) is 5.75. The fourth-order valence-electron chi connectivity index (χ4n) is 3.05. The van der Waals surface area contributed by atoms with Crippen molar-refractivity contribution >= 4 is 22.9 Å². The molecule has 0 aliphatic heterocycles. The Bertz CT molecular complexity index is 594. The van der Waals surface area contributed by atoms with E-state index >= 15 is 0 Å². The van der Waals surface area contributed by atoms with Crippen LogP contribution in [0.4, 0.5) is 0 Å². The second kappa shape index (κ2) is 6.51. The number of aryl methyl sites for hydroxylation is 3. The fraction of sp³-hybridized carbons (Fsp3) is 0.562. The molecule has 114 valence electrons. The summed E-state index contributed by atoms with van der Waals surface area (Å²) in [4.78, 5) is 2.75. The molecule has 2 N–H and O–H groups in total. The summed E-state index contributed by atoms with van der Waals surface area (Å²) in [5, 5.41) is 5.04. The predicted octanol–water partition coefficient (Wildman–Crippen LogP) is 4.33. The third kappa shape index (κ3) is 3.03. The number of thiophene rings is 1. The summed E-state index contributed by atoms with van der Waals surface area (Å²) in [6.07, 6.45) is 9.08. The minimum absolute atomic E-state index is 0.163. The van der Waals surface area contributed by atoms with Gasteiger partial charge in [-0.3, -0.25) is 4.68 Å². The van der Waals surface area contributed by atoms with Gasteiger partial charge in [-0.05, 0) is 43.7 Å². The Kier molecular flexibility index (Phi) is 4.67. The van der Waals surface area contributed by atoms with Crippen molar-refractivity contribution in [3.8, 4) is 0 Å². The van der Waals surface area contributed by atoms with Gasteiger partial charge in [0.15, 0.2) is 0 Å². The smallest absolute Gasteiger partial charge is 0.0837 e. The predicted molar refractivity (Wildman–Crippen MR) is 89.1 cm³/mol. The standard InChI is InChI=1S/C16H22ClN3S/c1-2-8-20-16(12(17)10-19-20)15(18)14-9-11-6-4-3-5-7-13(11)21-14/h9-10,15H,2-8,18H2,1H3. The molecule has 1 aliphatic carbocycles. The van der Waals surface area contributed by atoms with Gasteiger partial charge in [0.25, 0.3) is 0 Å². The molecule has 0 saturated carbocycles. The van der Waals surface area contributed by atoms with Gasteiger partial charge in [-0.25, -0.2) is 0 Å². The van der Waals surface area contributed by atoms with Gasteiger partial charge in [-0.2, -0.15) is 5.10 Å². The summed E-state index contributed by atoms with van der Waals surface area (Å²) in [6, 6.07) is 2.14. The van der Waals surface area contributed by atoms with Crippen LogP contribution in [0.3, 0.4) is 0 Å². The first-order chi connectivity index (χ1) is 10.2. The molecule has 0 aromatic carbocycles. The van der Waals surface area contributed by atoms with Crippen LogP contribution in [0.2, 0.25) is 5.02 Å². The molecule has 3 rings (SSSR count). The second-order valence-electron chi connectivity index (χ2n) is 5.74. The number of rotatable bonds is 4. The Hall–Kier alpha value is -0.840. The molecule has 0 saturated heterocycles. The maximum atomic E-state index is 6.51. The zero-order chi connectivity index (χ0) is 14.8.